The van der Waals surface area contributed by atoms with Crippen molar-refractivity contribution < 1.29 is 9.47 Å². The molecule has 1 fully saturated rings. The summed E-state index contributed by atoms with van der Waals surface area (Å²) in [5.41, 5.74) is 2.28. The van der Waals surface area contributed by atoms with E-state index in [4.69, 9.17) is 9.47 Å². The maximum absolute atomic E-state index is 6.11. The van der Waals surface area contributed by atoms with E-state index in [0.717, 1.165) is 42.6 Å². The average Bonchev–Trinajstić information content (AvgIpc) is 3.32. The molecule has 0 aliphatic carbocycles. The fourth-order valence-corrected chi connectivity index (χ4v) is 3.03. The molecule has 1 aliphatic rings. The first-order chi connectivity index (χ1) is 13.6. The molecule has 2 N–H and O–H groups in total. The Bertz CT molecular complexity index is 811. The number of aliphatic imine (C=N–C) groups is 1. The minimum Gasteiger partial charge on any atom is -0.493 e. The van der Waals surface area contributed by atoms with E-state index >= 15 is 0 Å². The SMILES string of the molecule is CN=C(NCc1ccc(C)cc1OCC1CCOC1)NCc1nnc(C)n1C. The van der Waals surface area contributed by atoms with E-state index in [-0.39, 0.29) is 0 Å². The lowest BCUT2D eigenvalue weighted by Crippen LogP contribution is -2.37. The first-order valence-electron chi connectivity index (χ1n) is 9.66. The number of aromatic nitrogens is 3. The van der Waals surface area contributed by atoms with Crippen LogP contribution in [0.5, 0.6) is 5.75 Å². The summed E-state index contributed by atoms with van der Waals surface area (Å²) < 4.78 is 13.5. The molecule has 1 aromatic heterocycles. The van der Waals surface area contributed by atoms with Crippen LogP contribution in [0.1, 0.15) is 29.2 Å². The number of hydrogen-bond donors (Lipinski definition) is 2. The highest BCUT2D eigenvalue weighted by Crippen LogP contribution is 2.22. The van der Waals surface area contributed by atoms with Crippen LogP contribution in [0.15, 0.2) is 23.2 Å². The minimum atomic E-state index is 0.477. The number of nitrogens with zero attached hydrogens (tertiary/aromatic N) is 4. The van der Waals surface area contributed by atoms with Crippen LogP contribution in [0.3, 0.4) is 0 Å². The summed E-state index contributed by atoms with van der Waals surface area (Å²) >= 11 is 0. The van der Waals surface area contributed by atoms with Gasteiger partial charge in [-0.3, -0.25) is 4.99 Å². The zero-order valence-corrected chi connectivity index (χ0v) is 17.2. The third-order valence-corrected chi connectivity index (χ3v) is 4.99. The minimum absolute atomic E-state index is 0.477. The molecule has 28 heavy (non-hydrogen) atoms. The van der Waals surface area contributed by atoms with Crippen molar-refractivity contribution in [3.63, 3.8) is 0 Å². The van der Waals surface area contributed by atoms with Crippen molar-refractivity contribution >= 4 is 5.96 Å². The van der Waals surface area contributed by atoms with Crippen molar-refractivity contribution in [3.05, 3.63) is 41.0 Å². The van der Waals surface area contributed by atoms with E-state index < -0.39 is 0 Å². The maximum atomic E-state index is 6.11. The Kier molecular flexibility index (Phi) is 6.86. The van der Waals surface area contributed by atoms with Crippen molar-refractivity contribution in [3.8, 4) is 5.75 Å². The lowest BCUT2D eigenvalue weighted by Gasteiger charge is -2.17. The Morgan fingerprint density at radius 1 is 1.29 bits per heavy atom. The van der Waals surface area contributed by atoms with Gasteiger partial charge in [0.1, 0.15) is 11.6 Å². The number of nitrogens with one attached hydrogen (secondary N) is 2. The molecule has 8 nitrogen and oxygen atoms in total. The van der Waals surface area contributed by atoms with Crippen LogP contribution in [0.4, 0.5) is 0 Å². The van der Waals surface area contributed by atoms with Crippen LogP contribution in [0.25, 0.3) is 0 Å². The van der Waals surface area contributed by atoms with Crippen LogP contribution in [0.2, 0.25) is 0 Å². The molecule has 2 heterocycles. The van der Waals surface area contributed by atoms with Crippen LogP contribution in [-0.2, 0) is 24.9 Å². The number of benzene rings is 1. The van der Waals surface area contributed by atoms with Gasteiger partial charge in [0.2, 0.25) is 0 Å². The molecule has 0 amide bonds. The van der Waals surface area contributed by atoms with E-state index in [2.05, 4.69) is 50.9 Å². The van der Waals surface area contributed by atoms with Gasteiger partial charge in [0.05, 0.1) is 19.8 Å². The first-order valence-corrected chi connectivity index (χ1v) is 9.66. The monoisotopic (exact) mass is 386 g/mol. The molecular weight excluding hydrogens is 356 g/mol. The normalized spacial score (nSPS) is 17.0. The lowest BCUT2D eigenvalue weighted by atomic mass is 10.1. The Balaban J connectivity index is 1.56. The Hall–Kier alpha value is -2.61. The average molecular weight is 387 g/mol. The quantitative estimate of drug-likeness (QED) is 0.557. The molecule has 8 heteroatoms. The van der Waals surface area contributed by atoms with Crippen LogP contribution >= 0.6 is 0 Å². The fourth-order valence-electron chi connectivity index (χ4n) is 3.03. The molecule has 1 aromatic carbocycles. The van der Waals surface area contributed by atoms with Gasteiger partial charge in [0.25, 0.3) is 0 Å². The van der Waals surface area contributed by atoms with Gasteiger partial charge in [0.15, 0.2) is 11.8 Å². The molecular formula is C20H30N6O2. The molecule has 0 spiro atoms. The Labute approximate surface area is 166 Å². The van der Waals surface area contributed by atoms with E-state index in [1.54, 1.807) is 7.05 Å². The molecule has 0 bridgehead atoms. The van der Waals surface area contributed by atoms with Crippen molar-refractivity contribution in [1.29, 1.82) is 0 Å². The molecule has 0 saturated carbocycles. The second kappa shape index (κ2) is 9.54. The maximum Gasteiger partial charge on any atom is 0.191 e. The number of ether oxygens (including phenoxy) is 2. The second-order valence-electron chi connectivity index (χ2n) is 7.15. The summed E-state index contributed by atoms with van der Waals surface area (Å²) in [5, 5.41) is 14.9. The predicted molar refractivity (Wildman–Crippen MR) is 108 cm³/mol. The second-order valence-corrected chi connectivity index (χ2v) is 7.15. The van der Waals surface area contributed by atoms with Gasteiger partial charge in [-0.15, -0.1) is 10.2 Å². The van der Waals surface area contributed by atoms with Gasteiger partial charge in [-0.2, -0.15) is 0 Å². The van der Waals surface area contributed by atoms with Gasteiger partial charge in [-0.25, -0.2) is 0 Å². The zero-order valence-electron chi connectivity index (χ0n) is 17.2. The number of aryl methyl sites for hydroxylation is 2. The number of rotatable bonds is 7. The molecule has 0 radical (unpaired) electrons. The van der Waals surface area contributed by atoms with Crippen molar-refractivity contribution in [2.75, 3.05) is 26.9 Å². The van der Waals surface area contributed by atoms with E-state index in [1.165, 1.54) is 5.56 Å². The van der Waals surface area contributed by atoms with E-state index in [0.29, 0.717) is 31.6 Å². The van der Waals surface area contributed by atoms with Gasteiger partial charge < -0.3 is 24.7 Å². The molecule has 152 valence electrons. The number of guanidine groups is 1. The van der Waals surface area contributed by atoms with Crippen LogP contribution in [-0.4, -0.2) is 47.6 Å². The molecule has 1 saturated heterocycles. The van der Waals surface area contributed by atoms with Crippen LogP contribution in [0, 0.1) is 19.8 Å². The summed E-state index contributed by atoms with van der Waals surface area (Å²) in [6, 6.07) is 6.29. The Morgan fingerprint density at radius 3 is 2.79 bits per heavy atom. The van der Waals surface area contributed by atoms with Gasteiger partial charge in [0, 0.05) is 38.7 Å². The summed E-state index contributed by atoms with van der Waals surface area (Å²) in [6.45, 7) is 7.49. The summed E-state index contributed by atoms with van der Waals surface area (Å²) in [7, 11) is 3.71. The molecule has 1 aliphatic heterocycles. The highest BCUT2D eigenvalue weighted by Gasteiger charge is 2.17. The smallest absolute Gasteiger partial charge is 0.191 e. The standard InChI is InChI=1S/C20H30N6O2/c1-14-5-6-17(18(9-14)28-13-16-7-8-27-12-16)10-22-20(21-3)23-11-19-25-24-15(2)26(19)4/h5-6,9,16H,7-8,10-13H2,1-4H3,(H2,21,22,23). The highest BCUT2D eigenvalue weighted by atomic mass is 16.5. The van der Waals surface area contributed by atoms with Gasteiger partial charge >= 0.3 is 0 Å². The summed E-state index contributed by atoms with van der Waals surface area (Å²) in [4.78, 5) is 4.29. The fraction of sp³-hybridized carbons (Fsp3) is 0.550. The van der Waals surface area contributed by atoms with Gasteiger partial charge in [-0.1, -0.05) is 12.1 Å². The summed E-state index contributed by atoms with van der Waals surface area (Å²) in [6.07, 6.45) is 1.07. The third kappa shape index (κ3) is 5.22. The van der Waals surface area contributed by atoms with Crippen molar-refractivity contribution in [2.24, 2.45) is 18.0 Å². The summed E-state index contributed by atoms with van der Waals surface area (Å²) in [5.74, 6) is 3.84. The lowest BCUT2D eigenvalue weighted by molar-refractivity contribution is 0.166. The van der Waals surface area contributed by atoms with E-state index in [9.17, 15) is 0 Å². The number of hydrogen-bond acceptors (Lipinski definition) is 5. The van der Waals surface area contributed by atoms with Gasteiger partial charge in [-0.05, 0) is 31.9 Å². The van der Waals surface area contributed by atoms with Crippen LogP contribution < -0.4 is 15.4 Å². The third-order valence-electron chi connectivity index (χ3n) is 4.99. The molecule has 1 atom stereocenters. The highest BCUT2D eigenvalue weighted by molar-refractivity contribution is 5.79. The van der Waals surface area contributed by atoms with Crippen molar-refractivity contribution in [2.45, 2.75) is 33.4 Å². The molecule has 2 aromatic rings. The molecule has 3 rings (SSSR count). The predicted octanol–water partition coefficient (Wildman–Crippen LogP) is 1.71. The topological polar surface area (TPSA) is 85.6 Å². The molecule has 1 unspecified atom stereocenters. The Morgan fingerprint density at radius 2 is 2.11 bits per heavy atom. The largest absolute Gasteiger partial charge is 0.493 e. The zero-order chi connectivity index (χ0) is 19.9. The van der Waals surface area contributed by atoms with Crippen molar-refractivity contribution in [1.82, 2.24) is 25.4 Å². The van der Waals surface area contributed by atoms with E-state index in [1.807, 2.05) is 18.5 Å². The first kappa shape index (κ1) is 20.1.